The maximum atomic E-state index is 11.8. The number of anilines is 1. The van der Waals surface area contributed by atoms with E-state index in [-0.39, 0.29) is 5.91 Å². The summed E-state index contributed by atoms with van der Waals surface area (Å²) in [5.74, 6) is 0.467. The molecular weight excluding hydrogens is 212 g/mol. The van der Waals surface area contributed by atoms with E-state index in [2.05, 4.69) is 14.7 Å². The Morgan fingerprint density at radius 3 is 2.53 bits per heavy atom. The predicted molar refractivity (Wildman–Crippen MR) is 60.8 cm³/mol. The van der Waals surface area contributed by atoms with Crippen LogP contribution in [0.3, 0.4) is 0 Å². The van der Waals surface area contributed by atoms with Crippen LogP contribution >= 0.6 is 11.5 Å². The number of nitrogens with zero attached hydrogens (tertiary/aromatic N) is 2. The Morgan fingerprint density at radius 2 is 2.13 bits per heavy atom. The molecule has 1 aromatic rings. The Labute approximate surface area is 93.3 Å². The van der Waals surface area contributed by atoms with E-state index in [4.69, 9.17) is 5.73 Å². The van der Waals surface area contributed by atoms with Gasteiger partial charge in [-0.1, -0.05) is 13.8 Å². The molecule has 84 valence electrons. The van der Waals surface area contributed by atoms with Crippen molar-refractivity contribution in [2.75, 3.05) is 5.32 Å². The molecule has 0 spiro atoms. The van der Waals surface area contributed by atoms with Gasteiger partial charge in [0.2, 0.25) is 11.0 Å². The highest BCUT2D eigenvalue weighted by Crippen LogP contribution is 2.16. The van der Waals surface area contributed by atoms with Crippen LogP contribution < -0.4 is 11.1 Å². The summed E-state index contributed by atoms with van der Waals surface area (Å²) in [6.07, 6.45) is 1.21. The number of carbonyl (C=O) groups is 1. The van der Waals surface area contributed by atoms with E-state index >= 15 is 0 Å². The van der Waals surface area contributed by atoms with Gasteiger partial charge in [0.1, 0.15) is 5.82 Å². The molecule has 0 aliphatic heterocycles. The van der Waals surface area contributed by atoms with Crippen molar-refractivity contribution < 1.29 is 4.79 Å². The second-order valence-corrected chi connectivity index (χ2v) is 4.22. The van der Waals surface area contributed by atoms with E-state index in [9.17, 15) is 4.79 Å². The maximum absolute atomic E-state index is 11.8. The molecule has 0 aromatic carbocycles. The first-order valence-corrected chi connectivity index (χ1v) is 5.70. The van der Waals surface area contributed by atoms with Gasteiger partial charge in [0.25, 0.3) is 0 Å². The lowest BCUT2D eigenvalue weighted by atomic mass is 9.93. The Kier molecular flexibility index (Phi) is 3.76. The molecule has 6 heteroatoms. The molecule has 0 atom stereocenters. The summed E-state index contributed by atoms with van der Waals surface area (Å²) >= 11 is 1.17. The van der Waals surface area contributed by atoms with Crippen molar-refractivity contribution in [3.8, 4) is 0 Å². The van der Waals surface area contributed by atoms with Crippen LogP contribution in [0.4, 0.5) is 5.13 Å². The molecule has 5 nitrogen and oxygen atoms in total. The highest BCUT2D eigenvalue weighted by molar-refractivity contribution is 7.09. The van der Waals surface area contributed by atoms with Crippen molar-refractivity contribution in [3.63, 3.8) is 0 Å². The monoisotopic (exact) mass is 228 g/mol. The van der Waals surface area contributed by atoms with Crippen molar-refractivity contribution in [2.45, 2.75) is 39.2 Å². The zero-order valence-electron chi connectivity index (χ0n) is 9.20. The third kappa shape index (κ3) is 2.73. The van der Waals surface area contributed by atoms with Crippen molar-refractivity contribution in [1.29, 1.82) is 0 Å². The van der Waals surface area contributed by atoms with Gasteiger partial charge in [0, 0.05) is 11.5 Å². The van der Waals surface area contributed by atoms with Gasteiger partial charge in [-0.15, -0.1) is 0 Å². The van der Waals surface area contributed by atoms with Gasteiger partial charge in [-0.3, -0.25) is 10.1 Å². The van der Waals surface area contributed by atoms with Crippen LogP contribution in [-0.2, 0) is 4.79 Å². The molecule has 0 bridgehead atoms. The number of aryl methyl sites for hydroxylation is 1. The predicted octanol–water partition coefficient (Wildman–Crippen LogP) is 1.30. The Morgan fingerprint density at radius 1 is 1.53 bits per heavy atom. The molecule has 0 radical (unpaired) electrons. The first-order valence-electron chi connectivity index (χ1n) is 4.92. The van der Waals surface area contributed by atoms with Crippen molar-refractivity contribution in [3.05, 3.63) is 5.82 Å². The van der Waals surface area contributed by atoms with E-state index in [0.29, 0.717) is 23.8 Å². The van der Waals surface area contributed by atoms with Crippen LogP contribution in [0.1, 0.15) is 32.5 Å². The average molecular weight is 228 g/mol. The minimum absolute atomic E-state index is 0.191. The quantitative estimate of drug-likeness (QED) is 0.814. The largest absolute Gasteiger partial charge is 0.317 e. The zero-order valence-corrected chi connectivity index (χ0v) is 10.0. The summed E-state index contributed by atoms with van der Waals surface area (Å²) in [5, 5.41) is 3.19. The fraction of sp³-hybridized carbons (Fsp3) is 0.667. The molecule has 0 fully saturated rings. The van der Waals surface area contributed by atoms with Crippen LogP contribution in [0.25, 0.3) is 0 Å². The van der Waals surface area contributed by atoms with Gasteiger partial charge in [0.05, 0.1) is 5.54 Å². The minimum atomic E-state index is -0.806. The second-order valence-electron chi connectivity index (χ2n) is 3.46. The molecule has 1 amide bonds. The summed E-state index contributed by atoms with van der Waals surface area (Å²) in [7, 11) is 0. The van der Waals surface area contributed by atoms with Gasteiger partial charge in [0.15, 0.2) is 0 Å². The second kappa shape index (κ2) is 4.67. The highest BCUT2D eigenvalue weighted by Gasteiger charge is 2.30. The van der Waals surface area contributed by atoms with Gasteiger partial charge in [-0.05, 0) is 19.8 Å². The number of nitrogens with two attached hydrogens (primary N) is 1. The normalized spacial score (nSPS) is 11.5. The van der Waals surface area contributed by atoms with Crippen LogP contribution in [0.2, 0.25) is 0 Å². The molecule has 0 unspecified atom stereocenters. The smallest absolute Gasteiger partial charge is 0.246 e. The lowest BCUT2D eigenvalue weighted by molar-refractivity contribution is -0.121. The zero-order chi connectivity index (χ0) is 11.5. The van der Waals surface area contributed by atoms with Crippen LogP contribution in [0, 0.1) is 6.92 Å². The first kappa shape index (κ1) is 12.1. The molecule has 0 saturated carbocycles. The van der Waals surface area contributed by atoms with E-state index in [1.54, 1.807) is 6.92 Å². The summed E-state index contributed by atoms with van der Waals surface area (Å²) in [5.41, 5.74) is 5.13. The molecule has 1 aromatic heterocycles. The minimum Gasteiger partial charge on any atom is -0.317 e. The van der Waals surface area contributed by atoms with E-state index < -0.39 is 5.54 Å². The number of hydrogen-bond donors (Lipinski definition) is 2. The number of carbonyl (C=O) groups excluding carboxylic acids is 1. The van der Waals surface area contributed by atoms with Gasteiger partial charge in [-0.25, -0.2) is 4.98 Å². The molecule has 3 N–H and O–H groups in total. The average Bonchev–Trinajstić information content (AvgIpc) is 2.62. The Balaban J connectivity index is 2.70. The third-order valence-electron chi connectivity index (χ3n) is 2.46. The topological polar surface area (TPSA) is 80.9 Å². The van der Waals surface area contributed by atoms with Crippen LogP contribution in [-0.4, -0.2) is 20.8 Å². The standard InChI is InChI=1S/C9H16N4OS/c1-4-9(10,5-2)7(14)12-8-11-6(3)13-15-8/h4-5,10H2,1-3H3,(H,11,12,13,14). The summed E-state index contributed by atoms with van der Waals surface area (Å²) < 4.78 is 3.98. The molecular formula is C9H16N4OS. The molecule has 0 aliphatic rings. The molecule has 1 rings (SSSR count). The molecule has 0 saturated heterocycles. The number of rotatable bonds is 4. The lowest BCUT2D eigenvalue weighted by Crippen LogP contribution is -2.50. The fourth-order valence-corrected chi connectivity index (χ4v) is 1.71. The van der Waals surface area contributed by atoms with Crippen molar-refractivity contribution in [2.24, 2.45) is 5.73 Å². The number of aromatic nitrogens is 2. The number of nitrogens with one attached hydrogen (secondary N) is 1. The first-order chi connectivity index (χ1) is 7.01. The number of hydrogen-bond acceptors (Lipinski definition) is 5. The SMILES string of the molecule is CCC(N)(CC)C(=O)Nc1nc(C)ns1. The van der Waals surface area contributed by atoms with E-state index in [0.717, 1.165) is 0 Å². The maximum Gasteiger partial charge on any atom is 0.246 e. The van der Waals surface area contributed by atoms with Crippen LogP contribution in [0.5, 0.6) is 0 Å². The van der Waals surface area contributed by atoms with Gasteiger partial charge in [-0.2, -0.15) is 4.37 Å². The van der Waals surface area contributed by atoms with Crippen molar-refractivity contribution >= 4 is 22.6 Å². The van der Waals surface area contributed by atoms with Gasteiger partial charge < -0.3 is 5.73 Å². The Hall–Kier alpha value is -1.01. The summed E-state index contributed by atoms with van der Waals surface area (Å²) in [4.78, 5) is 15.9. The summed E-state index contributed by atoms with van der Waals surface area (Å²) in [6.45, 7) is 5.57. The lowest BCUT2D eigenvalue weighted by Gasteiger charge is -2.24. The highest BCUT2D eigenvalue weighted by atomic mass is 32.1. The van der Waals surface area contributed by atoms with E-state index in [1.165, 1.54) is 11.5 Å². The fourth-order valence-electron chi connectivity index (χ4n) is 1.14. The summed E-state index contributed by atoms with van der Waals surface area (Å²) in [6, 6.07) is 0. The van der Waals surface area contributed by atoms with Gasteiger partial charge >= 0.3 is 0 Å². The number of amides is 1. The van der Waals surface area contributed by atoms with Crippen molar-refractivity contribution in [1.82, 2.24) is 9.36 Å². The molecule has 0 aliphatic carbocycles. The van der Waals surface area contributed by atoms with Crippen LogP contribution in [0.15, 0.2) is 0 Å². The molecule has 15 heavy (non-hydrogen) atoms. The Bertz CT molecular complexity index is 346. The third-order valence-corrected chi connectivity index (χ3v) is 3.18. The molecule has 1 heterocycles. The van der Waals surface area contributed by atoms with E-state index in [1.807, 2.05) is 13.8 Å².